The van der Waals surface area contributed by atoms with Crippen molar-refractivity contribution in [2.45, 2.75) is 54.2 Å². The Morgan fingerprint density at radius 3 is 2.61 bits per heavy atom. The Balaban J connectivity index is 1.88. The summed E-state index contributed by atoms with van der Waals surface area (Å²) in [5.74, 6) is 0.0417. The molecule has 9 heteroatoms. The molecule has 0 saturated heterocycles. The third-order valence-electron chi connectivity index (χ3n) is 4.53. The Morgan fingerprint density at radius 1 is 1.29 bits per heavy atom. The first-order chi connectivity index (χ1) is 13.1. The van der Waals surface area contributed by atoms with E-state index in [1.165, 1.54) is 11.3 Å². The Hall–Kier alpha value is -2.19. The lowest BCUT2D eigenvalue weighted by Crippen LogP contribution is -2.17. The number of ether oxygens (including phenoxy) is 1. The van der Waals surface area contributed by atoms with Crippen LogP contribution in [0.4, 0.5) is 0 Å². The molecule has 0 bridgehead atoms. The molecule has 3 aromatic heterocycles. The zero-order valence-electron chi connectivity index (χ0n) is 16.7. The fraction of sp³-hybridized carbons (Fsp3) is 0.474. The van der Waals surface area contributed by atoms with Crippen LogP contribution >= 0.6 is 22.9 Å². The number of hydrogen-bond acceptors (Lipinski definition) is 6. The van der Waals surface area contributed by atoms with Gasteiger partial charge >= 0.3 is 5.97 Å². The van der Waals surface area contributed by atoms with Crippen molar-refractivity contribution in [1.29, 1.82) is 0 Å². The molecule has 3 heterocycles. The van der Waals surface area contributed by atoms with Gasteiger partial charge < -0.3 is 9.72 Å². The predicted octanol–water partition coefficient (Wildman–Crippen LogP) is 4.33. The summed E-state index contributed by atoms with van der Waals surface area (Å²) in [5.41, 5.74) is 1.43. The fourth-order valence-electron chi connectivity index (χ4n) is 2.99. The predicted molar refractivity (Wildman–Crippen MR) is 110 cm³/mol. The van der Waals surface area contributed by atoms with Crippen LogP contribution < -0.4 is 5.56 Å². The molecule has 3 aromatic rings. The maximum Gasteiger partial charge on any atom is 0.343 e. The summed E-state index contributed by atoms with van der Waals surface area (Å²) in [7, 11) is 0. The molecule has 0 aliphatic carbocycles. The third-order valence-corrected chi connectivity index (χ3v) is 6.02. The van der Waals surface area contributed by atoms with Crippen molar-refractivity contribution in [3.05, 3.63) is 43.0 Å². The molecule has 1 N–H and O–H groups in total. The van der Waals surface area contributed by atoms with Crippen LogP contribution in [-0.4, -0.2) is 25.7 Å². The normalized spacial score (nSPS) is 12.7. The van der Waals surface area contributed by atoms with Crippen LogP contribution in [-0.2, 0) is 11.3 Å². The van der Waals surface area contributed by atoms with Crippen LogP contribution in [0.15, 0.2) is 4.79 Å². The van der Waals surface area contributed by atoms with Crippen LogP contribution in [0.1, 0.15) is 59.2 Å². The molecule has 28 heavy (non-hydrogen) atoms. The number of aryl methyl sites for hydroxylation is 3. The van der Waals surface area contributed by atoms with E-state index in [4.69, 9.17) is 16.3 Å². The number of esters is 1. The number of thiophene rings is 1. The lowest BCUT2D eigenvalue weighted by atomic mass is 10.2. The number of nitrogens with one attached hydrogen (secondary N) is 1. The first-order valence-electron chi connectivity index (χ1n) is 9.03. The molecular formula is C19H23ClN4O3S. The highest BCUT2D eigenvalue weighted by Gasteiger charge is 2.25. The number of hydrogen-bond donors (Lipinski definition) is 1. The molecule has 0 aromatic carbocycles. The zero-order chi connectivity index (χ0) is 20.7. The molecule has 0 spiro atoms. The first kappa shape index (κ1) is 20.5. The monoisotopic (exact) mass is 422 g/mol. The largest absolute Gasteiger partial charge is 0.451 e. The Labute approximate surface area is 171 Å². The van der Waals surface area contributed by atoms with Gasteiger partial charge in [0.15, 0.2) is 11.9 Å². The minimum atomic E-state index is -0.740. The maximum absolute atomic E-state index is 12.7. The number of rotatable bonds is 5. The lowest BCUT2D eigenvalue weighted by molar-refractivity contribution is 0.0319. The molecule has 0 aliphatic rings. The van der Waals surface area contributed by atoms with Crippen molar-refractivity contribution in [3.63, 3.8) is 0 Å². The van der Waals surface area contributed by atoms with E-state index in [0.717, 1.165) is 10.4 Å². The lowest BCUT2D eigenvalue weighted by Gasteiger charge is -2.12. The second-order valence-corrected chi connectivity index (χ2v) is 8.85. The summed E-state index contributed by atoms with van der Waals surface area (Å²) in [5, 5.41) is 5.17. The topological polar surface area (TPSA) is 89.9 Å². The van der Waals surface area contributed by atoms with E-state index in [0.29, 0.717) is 34.2 Å². The smallest absolute Gasteiger partial charge is 0.343 e. The Bertz CT molecular complexity index is 1110. The minimum absolute atomic E-state index is 0.233. The van der Waals surface area contributed by atoms with Gasteiger partial charge in [0.25, 0.3) is 5.56 Å². The highest BCUT2D eigenvalue weighted by Crippen LogP contribution is 2.28. The van der Waals surface area contributed by atoms with Gasteiger partial charge in [0.05, 0.1) is 11.1 Å². The number of halogens is 1. The summed E-state index contributed by atoms with van der Waals surface area (Å²) in [6.07, 6.45) is -0.740. The number of aromatic amines is 1. The summed E-state index contributed by atoms with van der Waals surface area (Å²) >= 11 is 7.80. The molecule has 150 valence electrons. The van der Waals surface area contributed by atoms with Crippen LogP contribution in [0, 0.1) is 26.7 Å². The van der Waals surface area contributed by atoms with Crippen molar-refractivity contribution in [2.75, 3.05) is 0 Å². The average Bonchev–Trinajstić information content (AvgIpc) is 3.03. The maximum atomic E-state index is 12.7. The highest BCUT2D eigenvalue weighted by molar-refractivity contribution is 7.18. The van der Waals surface area contributed by atoms with E-state index in [-0.39, 0.29) is 16.3 Å². The van der Waals surface area contributed by atoms with E-state index < -0.39 is 12.1 Å². The number of nitrogens with zero attached hydrogens (tertiary/aromatic N) is 3. The molecule has 0 aliphatic heterocycles. The standard InChI is InChI=1S/C19H23ClN4O3S/c1-8(2)7-24-15(20)14(10(4)23-24)19(26)27-11(5)16-21-17(25)13-9(3)12(6)28-18(13)22-16/h8,11H,7H2,1-6H3,(H,21,22,25)/t11-/m1/s1. The van der Waals surface area contributed by atoms with Gasteiger partial charge in [0, 0.05) is 11.4 Å². The second-order valence-electron chi connectivity index (χ2n) is 7.29. The van der Waals surface area contributed by atoms with Gasteiger partial charge in [0.1, 0.15) is 15.5 Å². The van der Waals surface area contributed by atoms with Crippen molar-refractivity contribution in [2.24, 2.45) is 5.92 Å². The fourth-order valence-corrected chi connectivity index (χ4v) is 4.35. The van der Waals surface area contributed by atoms with Gasteiger partial charge in [-0.15, -0.1) is 11.3 Å². The van der Waals surface area contributed by atoms with Crippen LogP contribution in [0.5, 0.6) is 0 Å². The number of H-pyrrole nitrogens is 1. The van der Waals surface area contributed by atoms with Crippen LogP contribution in [0.25, 0.3) is 10.2 Å². The van der Waals surface area contributed by atoms with E-state index >= 15 is 0 Å². The molecule has 0 amide bonds. The molecule has 1 atom stereocenters. The number of aromatic nitrogens is 4. The molecule has 0 saturated carbocycles. The Morgan fingerprint density at radius 2 is 1.96 bits per heavy atom. The SMILES string of the molecule is Cc1nn(CC(C)C)c(Cl)c1C(=O)O[C@H](C)c1nc2sc(C)c(C)c2c(=O)[nH]1. The first-order valence-corrected chi connectivity index (χ1v) is 10.2. The van der Waals surface area contributed by atoms with E-state index in [2.05, 4.69) is 15.1 Å². The molecule has 0 radical (unpaired) electrons. The molecule has 0 fully saturated rings. The quantitative estimate of drug-likeness (QED) is 0.618. The number of fused-ring (bicyclic) bond motifs is 1. The summed E-state index contributed by atoms with van der Waals surface area (Å²) in [6, 6.07) is 0. The van der Waals surface area contributed by atoms with Crippen molar-refractivity contribution in [3.8, 4) is 0 Å². The van der Waals surface area contributed by atoms with E-state index in [9.17, 15) is 9.59 Å². The van der Waals surface area contributed by atoms with Gasteiger partial charge in [-0.2, -0.15) is 5.10 Å². The third kappa shape index (κ3) is 3.71. The van der Waals surface area contributed by atoms with Crippen molar-refractivity contribution >= 4 is 39.1 Å². The van der Waals surface area contributed by atoms with Crippen molar-refractivity contribution in [1.82, 2.24) is 19.7 Å². The minimum Gasteiger partial charge on any atom is -0.451 e. The van der Waals surface area contributed by atoms with Gasteiger partial charge in [0.2, 0.25) is 0 Å². The number of carbonyl (C=O) groups is 1. The summed E-state index contributed by atoms with van der Waals surface area (Å²) < 4.78 is 7.14. The van der Waals surface area contributed by atoms with E-state index in [1.807, 2.05) is 27.7 Å². The van der Waals surface area contributed by atoms with Crippen LogP contribution in [0.2, 0.25) is 5.15 Å². The zero-order valence-corrected chi connectivity index (χ0v) is 18.3. The summed E-state index contributed by atoms with van der Waals surface area (Å²) in [4.78, 5) is 34.0. The van der Waals surface area contributed by atoms with Gasteiger partial charge in [-0.1, -0.05) is 25.4 Å². The molecule has 3 rings (SSSR count). The van der Waals surface area contributed by atoms with Gasteiger partial charge in [-0.05, 0) is 39.2 Å². The number of carbonyl (C=O) groups excluding carboxylic acids is 1. The second kappa shape index (κ2) is 7.67. The van der Waals surface area contributed by atoms with Gasteiger partial charge in [-0.25, -0.2) is 9.78 Å². The molecule has 0 unspecified atom stereocenters. The van der Waals surface area contributed by atoms with Crippen molar-refractivity contribution < 1.29 is 9.53 Å². The summed E-state index contributed by atoms with van der Waals surface area (Å²) in [6.45, 7) is 11.9. The Kier molecular flexibility index (Phi) is 5.63. The molecule has 7 nitrogen and oxygen atoms in total. The highest BCUT2D eigenvalue weighted by atomic mass is 35.5. The molecular weight excluding hydrogens is 400 g/mol. The van der Waals surface area contributed by atoms with Gasteiger partial charge in [-0.3, -0.25) is 9.48 Å². The van der Waals surface area contributed by atoms with Crippen LogP contribution in [0.3, 0.4) is 0 Å². The average molecular weight is 423 g/mol. The van der Waals surface area contributed by atoms with E-state index in [1.54, 1.807) is 18.5 Å².